The number of nitrogens with two attached hydrogens (primary N) is 1. The number of nitrogens with one attached hydrogen (secondary N) is 1. The van der Waals surface area contributed by atoms with E-state index < -0.39 is 0 Å². The van der Waals surface area contributed by atoms with E-state index in [9.17, 15) is 0 Å². The van der Waals surface area contributed by atoms with Gasteiger partial charge in [0.2, 0.25) is 0 Å². The molecule has 0 heterocycles. The van der Waals surface area contributed by atoms with E-state index in [4.69, 9.17) is 5.84 Å². The van der Waals surface area contributed by atoms with Crippen molar-refractivity contribution in [2.45, 2.75) is 51.5 Å². The summed E-state index contributed by atoms with van der Waals surface area (Å²) < 4.78 is 0. The maximum absolute atomic E-state index is 5.70. The maximum atomic E-state index is 5.70. The molecule has 0 amide bonds. The van der Waals surface area contributed by atoms with Crippen molar-refractivity contribution in [2.75, 3.05) is 0 Å². The third-order valence-corrected chi connectivity index (χ3v) is 3.26. The van der Waals surface area contributed by atoms with Crippen LogP contribution in [0.4, 0.5) is 0 Å². The van der Waals surface area contributed by atoms with Crippen LogP contribution in [0, 0.1) is 0 Å². The number of rotatable bonds is 7. The first kappa shape index (κ1) is 13.2. The molecule has 1 atom stereocenters. The lowest BCUT2D eigenvalue weighted by molar-refractivity contribution is 0.332. The van der Waals surface area contributed by atoms with E-state index in [1.54, 1.807) is 0 Å². The Labute approximate surface area is 99.2 Å². The molecular weight excluding hydrogens is 196 g/mol. The minimum atomic E-state index is -0.0883. The average Bonchev–Trinajstić information content (AvgIpc) is 2.35. The van der Waals surface area contributed by atoms with Gasteiger partial charge in [-0.05, 0) is 18.9 Å². The van der Waals surface area contributed by atoms with Gasteiger partial charge in [0.1, 0.15) is 0 Å². The molecule has 1 rings (SSSR count). The van der Waals surface area contributed by atoms with Gasteiger partial charge in [-0.3, -0.25) is 11.3 Å². The number of unbranched alkanes of at least 4 members (excludes halogenated alkanes) is 3. The Morgan fingerprint density at radius 3 is 2.38 bits per heavy atom. The van der Waals surface area contributed by atoms with Gasteiger partial charge in [-0.15, -0.1) is 0 Å². The quantitative estimate of drug-likeness (QED) is 0.420. The number of hydrazine groups is 1. The van der Waals surface area contributed by atoms with E-state index in [2.05, 4.69) is 43.5 Å². The molecule has 0 bridgehead atoms. The summed E-state index contributed by atoms with van der Waals surface area (Å²) in [5, 5.41) is 0. The highest BCUT2D eigenvalue weighted by Gasteiger charge is 2.23. The lowest BCUT2D eigenvalue weighted by Crippen LogP contribution is -2.44. The van der Waals surface area contributed by atoms with Gasteiger partial charge >= 0.3 is 0 Å². The minimum absolute atomic E-state index is 0.0883. The van der Waals surface area contributed by atoms with E-state index >= 15 is 0 Å². The molecule has 1 aromatic carbocycles. The van der Waals surface area contributed by atoms with Gasteiger partial charge in [-0.25, -0.2) is 0 Å². The van der Waals surface area contributed by atoms with Crippen molar-refractivity contribution >= 4 is 0 Å². The zero-order valence-electron chi connectivity index (χ0n) is 10.5. The van der Waals surface area contributed by atoms with Crippen LogP contribution in [0.5, 0.6) is 0 Å². The van der Waals surface area contributed by atoms with E-state index in [1.807, 2.05) is 6.07 Å². The zero-order chi connectivity index (χ0) is 11.9. The minimum Gasteiger partial charge on any atom is -0.271 e. The van der Waals surface area contributed by atoms with Crippen molar-refractivity contribution in [2.24, 2.45) is 5.84 Å². The predicted octanol–water partition coefficient (Wildman–Crippen LogP) is 3.34. The topological polar surface area (TPSA) is 38.0 Å². The zero-order valence-corrected chi connectivity index (χ0v) is 10.5. The van der Waals surface area contributed by atoms with Crippen molar-refractivity contribution < 1.29 is 0 Å². The Balaban J connectivity index is 2.56. The fourth-order valence-electron chi connectivity index (χ4n) is 2.01. The van der Waals surface area contributed by atoms with Crippen molar-refractivity contribution in [1.29, 1.82) is 0 Å². The fraction of sp³-hybridized carbons (Fsp3) is 0.571. The molecule has 0 saturated carbocycles. The maximum Gasteiger partial charge on any atom is 0.0541 e. The van der Waals surface area contributed by atoms with Crippen molar-refractivity contribution in [3.05, 3.63) is 35.9 Å². The van der Waals surface area contributed by atoms with Crippen LogP contribution in [-0.2, 0) is 5.54 Å². The summed E-state index contributed by atoms with van der Waals surface area (Å²) in [4.78, 5) is 0. The van der Waals surface area contributed by atoms with Crippen LogP contribution in [0.1, 0.15) is 51.5 Å². The SMILES string of the molecule is CCCCCCC(C)(NN)c1ccccc1. The Kier molecular flexibility index (Phi) is 5.50. The molecular formula is C14H24N2. The van der Waals surface area contributed by atoms with Gasteiger partial charge in [0.05, 0.1) is 5.54 Å². The first-order valence-corrected chi connectivity index (χ1v) is 6.26. The summed E-state index contributed by atoms with van der Waals surface area (Å²) in [7, 11) is 0. The summed E-state index contributed by atoms with van der Waals surface area (Å²) in [5.74, 6) is 5.70. The van der Waals surface area contributed by atoms with E-state index in [0.29, 0.717) is 0 Å². The second kappa shape index (κ2) is 6.66. The molecule has 2 nitrogen and oxygen atoms in total. The summed E-state index contributed by atoms with van der Waals surface area (Å²) >= 11 is 0. The van der Waals surface area contributed by atoms with Crippen LogP contribution in [0.15, 0.2) is 30.3 Å². The largest absolute Gasteiger partial charge is 0.271 e. The third-order valence-electron chi connectivity index (χ3n) is 3.26. The lowest BCUT2D eigenvalue weighted by Gasteiger charge is -2.29. The van der Waals surface area contributed by atoms with Gasteiger partial charge in [-0.1, -0.05) is 62.9 Å². The van der Waals surface area contributed by atoms with Gasteiger partial charge in [0.15, 0.2) is 0 Å². The Bertz CT molecular complexity index is 284. The number of hydrogen-bond acceptors (Lipinski definition) is 2. The highest BCUT2D eigenvalue weighted by atomic mass is 15.3. The molecule has 90 valence electrons. The molecule has 3 N–H and O–H groups in total. The van der Waals surface area contributed by atoms with E-state index in [-0.39, 0.29) is 5.54 Å². The molecule has 0 spiro atoms. The van der Waals surface area contributed by atoms with Gasteiger partial charge < -0.3 is 0 Å². The molecule has 2 heteroatoms. The van der Waals surface area contributed by atoms with Crippen molar-refractivity contribution in [1.82, 2.24) is 5.43 Å². The second-order valence-electron chi connectivity index (χ2n) is 4.65. The highest BCUT2D eigenvalue weighted by Crippen LogP contribution is 2.26. The Morgan fingerprint density at radius 2 is 1.81 bits per heavy atom. The van der Waals surface area contributed by atoms with E-state index in [1.165, 1.54) is 31.2 Å². The fourth-order valence-corrected chi connectivity index (χ4v) is 2.01. The number of benzene rings is 1. The Morgan fingerprint density at radius 1 is 1.12 bits per heavy atom. The van der Waals surface area contributed by atoms with Crippen LogP contribution in [0.3, 0.4) is 0 Å². The van der Waals surface area contributed by atoms with Gasteiger partial charge in [-0.2, -0.15) is 0 Å². The summed E-state index contributed by atoms with van der Waals surface area (Å²) in [6, 6.07) is 10.4. The molecule has 1 unspecified atom stereocenters. The molecule has 0 saturated heterocycles. The summed E-state index contributed by atoms with van der Waals surface area (Å²) in [5.41, 5.74) is 4.16. The van der Waals surface area contributed by atoms with E-state index in [0.717, 1.165) is 6.42 Å². The first-order valence-electron chi connectivity index (χ1n) is 6.26. The molecule has 0 fully saturated rings. The highest BCUT2D eigenvalue weighted by molar-refractivity contribution is 5.23. The molecule has 0 aliphatic rings. The summed E-state index contributed by atoms with van der Waals surface area (Å²) in [6.45, 7) is 4.41. The molecule has 16 heavy (non-hydrogen) atoms. The molecule has 1 aromatic rings. The molecule has 0 aliphatic heterocycles. The molecule has 0 aromatic heterocycles. The van der Waals surface area contributed by atoms with Gasteiger partial charge in [0, 0.05) is 0 Å². The summed E-state index contributed by atoms with van der Waals surface area (Å²) in [6.07, 6.45) is 6.20. The smallest absolute Gasteiger partial charge is 0.0541 e. The second-order valence-corrected chi connectivity index (χ2v) is 4.65. The van der Waals surface area contributed by atoms with Crippen LogP contribution in [0.2, 0.25) is 0 Å². The standard InChI is InChI=1S/C14H24N2/c1-3-4-5-9-12-14(2,16-15)13-10-7-6-8-11-13/h6-8,10-11,16H,3-5,9,12,15H2,1-2H3. The van der Waals surface area contributed by atoms with Crippen LogP contribution in [-0.4, -0.2) is 0 Å². The third kappa shape index (κ3) is 3.62. The van der Waals surface area contributed by atoms with Crippen LogP contribution < -0.4 is 11.3 Å². The van der Waals surface area contributed by atoms with Gasteiger partial charge in [0.25, 0.3) is 0 Å². The normalized spacial score (nSPS) is 14.7. The number of hydrogen-bond donors (Lipinski definition) is 2. The molecule has 0 aliphatic carbocycles. The first-order chi connectivity index (χ1) is 7.73. The average molecular weight is 220 g/mol. The molecule has 0 radical (unpaired) electrons. The Hall–Kier alpha value is -0.860. The van der Waals surface area contributed by atoms with Crippen LogP contribution >= 0.6 is 0 Å². The van der Waals surface area contributed by atoms with Crippen molar-refractivity contribution in [3.8, 4) is 0 Å². The lowest BCUT2D eigenvalue weighted by atomic mass is 9.87. The van der Waals surface area contributed by atoms with Crippen LogP contribution in [0.25, 0.3) is 0 Å². The monoisotopic (exact) mass is 220 g/mol. The predicted molar refractivity (Wildman–Crippen MR) is 69.9 cm³/mol. The van der Waals surface area contributed by atoms with Crippen molar-refractivity contribution in [3.63, 3.8) is 0 Å².